The molecule has 0 spiro atoms. The maximum absolute atomic E-state index is 14.2. The molecule has 4 rings (SSSR count). The molecule has 0 saturated carbocycles. The maximum Gasteiger partial charge on any atom is 0.341 e. The number of halogens is 1. The molecule has 6 nitrogen and oxygen atoms in total. The zero-order chi connectivity index (χ0) is 25.9. The summed E-state index contributed by atoms with van der Waals surface area (Å²) in [6.07, 6.45) is 2.48. The van der Waals surface area contributed by atoms with Gasteiger partial charge in [0, 0.05) is 27.1 Å². The second kappa shape index (κ2) is 10.8. The lowest BCUT2D eigenvalue weighted by Crippen LogP contribution is -2.08. The number of hydrogen-bond donors (Lipinski definition) is 1. The summed E-state index contributed by atoms with van der Waals surface area (Å²) in [5.74, 6) is -0.351. The normalized spacial score (nSPS) is 11.4. The van der Waals surface area contributed by atoms with E-state index in [-0.39, 0.29) is 11.2 Å². The first-order valence-corrected chi connectivity index (χ1v) is 13.2. The van der Waals surface area contributed by atoms with Gasteiger partial charge in [-0.05, 0) is 54.5 Å². The van der Waals surface area contributed by atoms with Gasteiger partial charge in [-0.25, -0.2) is 19.2 Å². The number of hydrogen-bond acceptors (Lipinski definition) is 8. The van der Waals surface area contributed by atoms with E-state index in [2.05, 4.69) is 31.1 Å². The number of pyridine rings is 1. The zero-order valence-electron chi connectivity index (χ0n) is 20.8. The van der Waals surface area contributed by atoms with Crippen molar-refractivity contribution in [1.29, 1.82) is 0 Å². The average Bonchev–Trinajstić information content (AvgIpc) is 3.50. The summed E-state index contributed by atoms with van der Waals surface area (Å²) < 4.78 is 24.7. The van der Waals surface area contributed by atoms with Gasteiger partial charge in [0.05, 0.1) is 19.4 Å². The molecule has 188 valence electrons. The van der Waals surface area contributed by atoms with Crippen molar-refractivity contribution in [1.82, 2.24) is 9.97 Å². The Morgan fingerprint density at radius 3 is 2.64 bits per heavy atom. The number of carbonyl (C=O) groups is 1. The Kier molecular flexibility index (Phi) is 7.70. The predicted molar refractivity (Wildman–Crippen MR) is 144 cm³/mol. The molecular formula is C27H28FN3O3S2. The van der Waals surface area contributed by atoms with E-state index < -0.39 is 11.8 Å². The molecule has 0 amide bonds. The highest BCUT2D eigenvalue weighted by Crippen LogP contribution is 2.38. The van der Waals surface area contributed by atoms with Crippen molar-refractivity contribution in [2.45, 2.75) is 34.1 Å². The monoisotopic (exact) mass is 525 g/mol. The molecule has 0 unspecified atom stereocenters. The summed E-state index contributed by atoms with van der Waals surface area (Å²) in [5.41, 5.74) is 2.65. The fourth-order valence-electron chi connectivity index (χ4n) is 3.66. The van der Waals surface area contributed by atoms with Gasteiger partial charge in [-0.15, -0.1) is 22.7 Å². The van der Waals surface area contributed by atoms with Crippen molar-refractivity contribution < 1.29 is 18.7 Å². The van der Waals surface area contributed by atoms with Crippen LogP contribution >= 0.6 is 22.7 Å². The standard InChI is InChI=1S/C27H28FN3O3S2/c1-6-34-20-13-16(9-10-19(20)28)23-22(14-27(2,3)4)36-26(30-23)31-24-18(25(32)33-5)12-17(15-29-24)21-8-7-11-35-21/h7-13,15H,6,14H2,1-5H3,(H,29,30,31). The number of thiazole rings is 1. The number of thiophene rings is 1. The number of nitrogens with one attached hydrogen (secondary N) is 1. The molecular weight excluding hydrogens is 497 g/mol. The molecule has 0 radical (unpaired) electrons. The molecule has 0 aliphatic rings. The Hall–Kier alpha value is -3.30. The first-order chi connectivity index (χ1) is 17.2. The summed E-state index contributed by atoms with van der Waals surface area (Å²) in [6, 6.07) is 10.5. The van der Waals surface area contributed by atoms with Crippen molar-refractivity contribution in [3.05, 3.63) is 64.2 Å². The van der Waals surface area contributed by atoms with E-state index in [1.54, 1.807) is 35.7 Å². The number of benzene rings is 1. The van der Waals surface area contributed by atoms with E-state index >= 15 is 0 Å². The van der Waals surface area contributed by atoms with Crippen molar-refractivity contribution in [2.24, 2.45) is 5.41 Å². The molecule has 1 N–H and O–H groups in total. The highest BCUT2D eigenvalue weighted by atomic mass is 32.1. The zero-order valence-corrected chi connectivity index (χ0v) is 22.5. The third-order valence-electron chi connectivity index (χ3n) is 5.22. The molecule has 9 heteroatoms. The molecule has 3 aromatic heterocycles. The molecule has 0 fully saturated rings. The minimum absolute atomic E-state index is 0.000878. The smallest absolute Gasteiger partial charge is 0.341 e. The van der Waals surface area contributed by atoms with Gasteiger partial charge in [0.1, 0.15) is 11.4 Å². The van der Waals surface area contributed by atoms with Crippen LogP contribution in [-0.4, -0.2) is 29.7 Å². The third kappa shape index (κ3) is 5.91. The first kappa shape index (κ1) is 25.8. The van der Waals surface area contributed by atoms with Crippen LogP contribution in [0.4, 0.5) is 15.3 Å². The Balaban J connectivity index is 1.75. The van der Waals surface area contributed by atoms with Crippen LogP contribution in [-0.2, 0) is 11.2 Å². The van der Waals surface area contributed by atoms with E-state index in [4.69, 9.17) is 14.5 Å². The van der Waals surface area contributed by atoms with Gasteiger partial charge in [-0.1, -0.05) is 26.8 Å². The maximum atomic E-state index is 14.2. The molecule has 1 aromatic carbocycles. The summed E-state index contributed by atoms with van der Waals surface area (Å²) in [7, 11) is 1.34. The topological polar surface area (TPSA) is 73.3 Å². The van der Waals surface area contributed by atoms with Crippen LogP contribution in [0.2, 0.25) is 0 Å². The van der Waals surface area contributed by atoms with Crippen molar-refractivity contribution in [2.75, 3.05) is 19.0 Å². The minimum atomic E-state index is -0.491. The van der Waals surface area contributed by atoms with Crippen LogP contribution in [0.1, 0.15) is 42.9 Å². The molecule has 0 aliphatic carbocycles. The third-order valence-corrected chi connectivity index (χ3v) is 7.11. The van der Waals surface area contributed by atoms with Gasteiger partial charge < -0.3 is 14.8 Å². The molecule has 36 heavy (non-hydrogen) atoms. The number of anilines is 2. The van der Waals surface area contributed by atoms with Crippen LogP contribution in [0.3, 0.4) is 0 Å². The molecule has 0 saturated heterocycles. The van der Waals surface area contributed by atoms with Gasteiger partial charge in [-0.2, -0.15) is 0 Å². The van der Waals surface area contributed by atoms with Crippen LogP contribution < -0.4 is 10.1 Å². The first-order valence-electron chi connectivity index (χ1n) is 11.5. The summed E-state index contributed by atoms with van der Waals surface area (Å²) in [4.78, 5) is 24.0. The molecule has 0 aliphatic heterocycles. The average molecular weight is 526 g/mol. The largest absolute Gasteiger partial charge is 0.491 e. The summed E-state index contributed by atoms with van der Waals surface area (Å²) in [5, 5.41) is 5.77. The number of nitrogens with zero attached hydrogens (tertiary/aromatic N) is 2. The van der Waals surface area contributed by atoms with Gasteiger partial charge in [0.15, 0.2) is 16.7 Å². The summed E-state index contributed by atoms with van der Waals surface area (Å²) >= 11 is 3.05. The van der Waals surface area contributed by atoms with Crippen LogP contribution in [0.5, 0.6) is 5.75 Å². The minimum Gasteiger partial charge on any atom is -0.491 e. The SMILES string of the molecule is CCOc1cc(-c2nc(Nc3ncc(-c4cccs4)cc3C(=O)OC)sc2CC(C)(C)C)ccc1F. The molecule has 4 aromatic rings. The molecule has 0 atom stereocenters. The highest BCUT2D eigenvalue weighted by Gasteiger charge is 2.22. The number of methoxy groups -OCH3 is 1. The van der Waals surface area contributed by atoms with Crippen LogP contribution in [0.25, 0.3) is 21.7 Å². The van der Waals surface area contributed by atoms with Gasteiger partial charge >= 0.3 is 5.97 Å². The van der Waals surface area contributed by atoms with E-state index in [0.29, 0.717) is 23.1 Å². The van der Waals surface area contributed by atoms with Gasteiger partial charge in [0.25, 0.3) is 0 Å². The Bertz CT molecular complexity index is 1360. The van der Waals surface area contributed by atoms with E-state index in [1.807, 2.05) is 24.4 Å². The second-order valence-electron chi connectivity index (χ2n) is 9.32. The lowest BCUT2D eigenvalue weighted by molar-refractivity contribution is 0.0601. The predicted octanol–water partition coefficient (Wildman–Crippen LogP) is 7.59. The van der Waals surface area contributed by atoms with E-state index in [1.165, 1.54) is 24.5 Å². The Morgan fingerprint density at radius 2 is 1.97 bits per heavy atom. The van der Waals surface area contributed by atoms with Crippen molar-refractivity contribution in [3.8, 4) is 27.4 Å². The van der Waals surface area contributed by atoms with Crippen molar-refractivity contribution in [3.63, 3.8) is 0 Å². The quantitative estimate of drug-likeness (QED) is 0.239. The lowest BCUT2D eigenvalue weighted by Gasteiger charge is -2.17. The lowest BCUT2D eigenvalue weighted by atomic mass is 9.90. The Labute approximate surface area is 218 Å². The van der Waals surface area contributed by atoms with Gasteiger partial charge in [-0.3, -0.25) is 0 Å². The summed E-state index contributed by atoms with van der Waals surface area (Å²) in [6.45, 7) is 8.64. The second-order valence-corrected chi connectivity index (χ2v) is 11.4. The number of rotatable bonds is 8. The number of aromatic nitrogens is 2. The molecule has 3 heterocycles. The van der Waals surface area contributed by atoms with E-state index in [9.17, 15) is 9.18 Å². The van der Waals surface area contributed by atoms with Crippen LogP contribution in [0, 0.1) is 11.2 Å². The molecule has 0 bridgehead atoms. The fraction of sp³-hybridized carbons (Fsp3) is 0.296. The van der Waals surface area contributed by atoms with E-state index in [0.717, 1.165) is 33.0 Å². The van der Waals surface area contributed by atoms with Crippen molar-refractivity contribution >= 4 is 39.6 Å². The number of esters is 1. The fourth-order valence-corrected chi connectivity index (χ4v) is 5.65. The Morgan fingerprint density at radius 1 is 1.17 bits per heavy atom. The number of carbonyl (C=O) groups excluding carboxylic acids is 1. The highest BCUT2D eigenvalue weighted by molar-refractivity contribution is 7.16. The number of ether oxygens (including phenoxy) is 2. The van der Waals surface area contributed by atoms with Gasteiger partial charge in [0.2, 0.25) is 0 Å². The van der Waals surface area contributed by atoms with Crippen LogP contribution in [0.15, 0.2) is 48.0 Å².